The average molecular weight is 258 g/mol. The van der Waals surface area contributed by atoms with E-state index in [1.807, 2.05) is 31.2 Å². The van der Waals surface area contributed by atoms with E-state index in [2.05, 4.69) is 10.6 Å². The molecular weight excluding hydrogens is 243 g/mol. The third-order valence-electron chi connectivity index (χ3n) is 2.61. The van der Waals surface area contributed by atoms with Crippen LogP contribution in [-0.2, 0) is 4.79 Å². The molecule has 19 heavy (non-hydrogen) atoms. The third-order valence-corrected chi connectivity index (χ3v) is 2.61. The Bertz CT molecular complexity index is 567. The standard InChI is InChI=1S/C15H15FN2O/c1-11-5-7-13(8-6-11)17-10-15(19)18-14-4-2-3-12(16)9-14/h2-9,17H,10H2,1H3,(H,18,19). The number of carbonyl (C=O) groups is 1. The van der Waals surface area contributed by atoms with Gasteiger partial charge in [-0.15, -0.1) is 0 Å². The Labute approximate surface area is 111 Å². The quantitative estimate of drug-likeness (QED) is 0.884. The summed E-state index contributed by atoms with van der Waals surface area (Å²) in [6.07, 6.45) is 0. The fraction of sp³-hybridized carbons (Fsp3) is 0.133. The predicted molar refractivity (Wildman–Crippen MR) is 74.7 cm³/mol. The topological polar surface area (TPSA) is 41.1 Å². The van der Waals surface area contributed by atoms with Crippen LogP contribution >= 0.6 is 0 Å². The Hall–Kier alpha value is -2.36. The maximum Gasteiger partial charge on any atom is 0.243 e. The van der Waals surface area contributed by atoms with E-state index in [9.17, 15) is 9.18 Å². The second-order valence-electron chi connectivity index (χ2n) is 4.28. The van der Waals surface area contributed by atoms with Crippen molar-refractivity contribution in [3.63, 3.8) is 0 Å². The maximum absolute atomic E-state index is 12.9. The van der Waals surface area contributed by atoms with Crippen LogP contribution in [0.1, 0.15) is 5.56 Å². The SMILES string of the molecule is Cc1ccc(NCC(=O)Nc2cccc(F)c2)cc1. The largest absolute Gasteiger partial charge is 0.376 e. The number of benzene rings is 2. The molecule has 0 aliphatic heterocycles. The van der Waals surface area contributed by atoms with Crippen molar-refractivity contribution in [2.75, 3.05) is 17.2 Å². The lowest BCUT2D eigenvalue weighted by Crippen LogP contribution is -2.21. The first-order valence-electron chi connectivity index (χ1n) is 5.99. The Kier molecular flexibility index (Phi) is 4.13. The van der Waals surface area contributed by atoms with Gasteiger partial charge in [0.05, 0.1) is 6.54 Å². The highest BCUT2D eigenvalue weighted by atomic mass is 19.1. The molecule has 2 aromatic rings. The first kappa shape index (κ1) is 13.1. The summed E-state index contributed by atoms with van der Waals surface area (Å²) in [6, 6.07) is 13.6. The van der Waals surface area contributed by atoms with E-state index < -0.39 is 0 Å². The van der Waals surface area contributed by atoms with Crippen molar-refractivity contribution in [3.8, 4) is 0 Å². The van der Waals surface area contributed by atoms with Crippen LogP contribution in [0.15, 0.2) is 48.5 Å². The monoisotopic (exact) mass is 258 g/mol. The van der Waals surface area contributed by atoms with Crippen molar-refractivity contribution in [3.05, 3.63) is 59.9 Å². The van der Waals surface area contributed by atoms with Gasteiger partial charge in [-0.1, -0.05) is 23.8 Å². The van der Waals surface area contributed by atoms with Crippen LogP contribution in [0.4, 0.5) is 15.8 Å². The van der Waals surface area contributed by atoms with Crippen LogP contribution in [0.5, 0.6) is 0 Å². The number of hydrogen-bond acceptors (Lipinski definition) is 2. The van der Waals surface area contributed by atoms with Gasteiger partial charge in [-0.3, -0.25) is 4.79 Å². The first-order chi connectivity index (χ1) is 9.13. The molecule has 0 fully saturated rings. The molecule has 0 atom stereocenters. The summed E-state index contributed by atoms with van der Waals surface area (Å²) in [7, 11) is 0. The molecule has 2 N–H and O–H groups in total. The van der Waals surface area contributed by atoms with Gasteiger partial charge in [0, 0.05) is 11.4 Å². The zero-order valence-corrected chi connectivity index (χ0v) is 10.6. The molecule has 0 radical (unpaired) electrons. The molecule has 0 bridgehead atoms. The van der Waals surface area contributed by atoms with Crippen LogP contribution in [0.3, 0.4) is 0 Å². The molecule has 2 rings (SSSR count). The minimum atomic E-state index is -0.371. The number of anilines is 2. The number of halogens is 1. The van der Waals surface area contributed by atoms with Gasteiger partial charge in [-0.25, -0.2) is 4.39 Å². The van der Waals surface area contributed by atoms with Crippen molar-refractivity contribution in [1.82, 2.24) is 0 Å². The minimum Gasteiger partial charge on any atom is -0.376 e. The summed E-state index contributed by atoms with van der Waals surface area (Å²) in [4.78, 5) is 11.7. The molecule has 0 aliphatic carbocycles. The lowest BCUT2D eigenvalue weighted by atomic mass is 10.2. The van der Waals surface area contributed by atoms with Gasteiger partial charge in [0.1, 0.15) is 5.82 Å². The van der Waals surface area contributed by atoms with E-state index in [0.717, 1.165) is 11.3 Å². The fourth-order valence-corrected chi connectivity index (χ4v) is 1.63. The normalized spacial score (nSPS) is 10.0. The molecule has 0 unspecified atom stereocenters. The molecule has 0 saturated carbocycles. The van der Waals surface area contributed by atoms with Gasteiger partial charge >= 0.3 is 0 Å². The fourth-order valence-electron chi connectivity index (χ4n) is 1.63. The second kappa shape index (κ2) is 6.00. The van der Waals surface area contributed by atoms with Crippen molar-refractivity contribution in [2.45, 2.75) is 6.92 Å². The molecule has 0 heterocycles. The third kappa shape index (κ3) is 4.10. The Morgan fingerprint density at radius 2 is 1.84 bits per heavy atom. The number of hydrogen-bond donors (Lipinski definition) is 2. The highest BCUT2D eigenvalue weighted by molar-refractivity contribution is 5.93. The highest BCUT2D eigenvalue weighted by Gasteiger charge is 2.02. The summed E-state index contributed by atoms with van der Waals surface area (Å²) < 4.78 is 12.9. The smallest absolute Gasteiger partial charge is 0.243 e. The molecule has 2 aromatic carbocycles. The van der Waals surface area contributed by atoms with E-state index in [1.54, 1.807) is 12.1 Å². The molecule has 0 saturated heterocycles. The van der Waals surface area contributed by atoms with Crippen molar-refractivity contribution < 1.29 is 9.18 Å². The molecule has 0 aliphatic rings. The van der Waals surface area contributed by atoms with Gasteiger partial charge in [0.2, 0.25) is 5.91 Å². The van der Waals surface area contributed by atoms with Crippen LogP contribution in [0.25, 0.3) is 0 Å². The second-order valence-corrected chi connectivity index (χ2v) is 4.28. The zero-order chi connectivity index (χ0) is 13.7. The van der Waals surface area contributed by atoms with Gasteiger partial charge < -0.3 is 10.6 Å². The minimum absolute atomic E-state index is 0.138. The van der Waals surface area contributed by atoms with E-state index >= 15 is 0 Å². The van der Waals surface area contributed by atoms with Crippen molar-refractivity contribution in [2.24, 2.45) is 0 Å². The number of amides is 1. The molecule has 1 amide bonds. The van der Waals surface area contributed by atoms with Crippen LogP contribution < -0.4 is 10.6 Å². The molecule has 3 nitrogen and oxygen atoms in total. The lowest BCUT2D eigenvalue weighted by molar-refractivity contribution is -0.114. The maximum atomic E-state index is 12.9. The predicted octanol–water partition coefficient (Wildman–Crippen LogP) is 3.18. The summed E-state index contributed by atoms with van der Waals surface area (Å²) >= 11 is 0. The summed E-state index contributed by atoms with van der Waals surface area (Å²) in [5.41, 5.74) is 2.49. The molecule has 4 heteroatoms. The molecule has 98 valence electrons. The van der Waals surface area contributed by atoms with Gasteiger partial charge in [0.25, 0.3) is 0 Å². The van der Waals surface area contributed by atoms with Crippen LogP contribution in [0.2, 0.25) is 0 Å². The van der Waals surface area contributed by atoms with E-state index in [0.29, 0.717) is 5.69 Å². The van der Waals surface area contributed by atoms with Crippen LogP contribution in [0, 0.1) is 12.7 Å². The summed E-state index contributed by atoms with van der Waals surface area (Å²) in [6.45, 7) is 2.14. The highest BCUT2D eigenvalue weighted by Crippen LogP contribution is 2.10. The van der Waals surface area contributed by atoms with Gasteiger partial charge in [-0.2, -0.15) is 0 Å². The Balaban J connectivity index is 1.86. The lowest BCUT2D eigenvalue weighted by Gasteiger charge is -2.08. The van der Waals surface area contributed by atoms with Crippen molar-refractivity contribution >= 4 is 17.3 Å². The number of rotatable bonds is 4. The van der Waals surface area contributed by atoms with E-state index in [-0.39, 0.29) is 18.3 Å². The van der Waals surface area contributed by atoms with Crippen molar-refractivity contribution in [1.29, 1.82) is 0 Å². The number of carbonyl (C=O) groups excluding carboxylic acids is 1. The number of nitrogens with one attached hydrogen (secondary N) is 2. The van der Waals surface area contributed by atoms with Gasteiger partial charge in [-0.05, 0) is 37.3 Å². The Morgan fingerprint density at radius 1 is 1.11 bits per heavy atom. The first-order valence-corrected chi connectivity index (χ1v) is 5.99. The molecular formula is C15H15FN2O. The summed E-state index contributed by atoms with van der Waals surface area (Å²) in [5.74, 6) is -0.588. The Morgan fingerprint density at radius 3 is 2.53 bits per heavy atom. The molecule has 0 spiro atoms. The van der Waals surface area contributed by atoms with Gasteiger partial charge in [0.15, 0.2) is 0 Å². The molecule has 0 aromatic heterocycles. The van der Waals surface area contributed by atoms with E-state index in [1.165, 1.54) is 12.1 Å². The van der Waals surface area contributed by atoms with Crippen LogP contribution in [-0.4, -0.2) is 12.5 Å². The number of aryl methyl sites for hydroxylation is 1. The zero-order valence-electron chi connectivity index (χ0n) is 10.6. The average Bonchev–Trinajstić information content (AvgIpc) is 2.38. The van der Waals surface area contributed by atoms with E-state index in [4.69, 9.17) is 0 Å². The summed E-state index contributed by atoms with van der Waals surface area (Å²) in [5, 5.41) is 5.62.